The van der Waals surface area contributed by atoms with Crippen molar-refractivity contribution in [1.29, 1.82) is 0 Å². The van der Waals surface area contributed by atoms with E-state index in [2.05, 4.69) is 8.80 Å². The lowest BCUT2D eigenvalue weighted by atomic mass is 10.6. The Balaban J connectivity index is 3.15. The summed E-state index contributed by atoms with van der Waals surface area (Å²) < 4.78 is 4.25. The van der Waals surface area contributed by atoms with Crippen LogP contribution in [-0.4, -0.2) is 22.7 Å². The molecule has 0 saturated heterocycles. The van der Waals surface area contributed by atoms with E-state index in [1.54, 1.807) is 0 Å². The molecule has 44 valence electrons. The lowest BCUT2D eigenvalue weighted by Gasteiger charge is -2.11. The molecule has 0 aliphatic carbocycles. The van der Waals surface area contributed by atoms with Gasteiger partial charge in [0.05, 0.1) is 0 Å². The Morgan fingerprint density at radius 2 is 2.14 bits per heavy atom. The molecule has 7 heavy (non-hydrogen) atoms. The third-order valence-electron chi connectivity index (χ3n) is 0.267. The van der Waals surface area contributed by atoms with Crippen molar-refractivity contribution in [3.05, 3.63) is 0 Å². The van der Waals surface area contributed by atoms with Gasteiger partial charge in [-0.3, -0.25) is 5.73 Å². The summed E-state index contributed by atoms with van der Waals surface area (Å²) in [5.74, 6) is -2.18. The molecule has 0 bridgehead atoms. The van der Waals surface area contributed by atoms with Crippen LogP contribution < -0.4 is 5.73 Å². The molecule has 0 rings (SSSR count). The van der Waals surface area contributed by atoms with E-state index in [4.69, 9.17) is 10.2 Å². The van der Waals surface area contributed by atoms with Gasteiger partial charge in [-0.25, -0.2) is 0 Å². The fourth-order valence-corrected chi connectivity index (χ4v) is 0.539. The molecule has 5 heteroatoms. The lowest BCUT2D eigenvalue weighted by Crippen LogP contribution is -2.43. The SMILES string of the molecule is NC(O)(O)COI. The highest BCUT2D eigenvalue weighted by Crippen LogP contribution is 1.92. The topological polar surface area (TPSA) is 75.7 Å². The fourth-order valence-electron chi connectivity index (χ4n) is 0.0803. The minimum absolute atomic E-state index is 0.284. The van der Waals surface area contributed by atoms with Crippen LogP contribution in [0.1, 0.15) is 0 Å². The standard InChI is InChI=1S/C2H6INO3/c3-7-1-2(4,5)6/h5-6H,1,4H2. The van der Waals surface area contributed by atoms with Gasteiger partial charge in [0.25, 0.3) is 0 Å². The van der Waals surface area contributed by atoms with Crippen LogP contribution in [0.4, 0.5) is 0 Å². The Hall–Kier alpha value is 0.570. The first-order valence-electron chi connectivity index (χ1n) is 1.53. The van der Waals surface area contributed by atoms with Crippen molar-refractivity contribution in [2.24, 2.45) is 5.73 Å². The molecule has 0 spiro atoms. The van der Waals surface area contributed by atoms with Crippen LogP contribution in [0.2, 0.25) is 0 Å². The van der Waals surface area contributed by atoms with E-state index in [-0.39, 0.29) is 6.61 Å². The van der Waals surface area contributed by atoms with Gasteiger partial charge < -0.3 is 13.3 Å². The summed E-state index contributed by atoms with van der Waals surface area (Å²) in [4.78, 5) is 0. The molecule has 0 fully saturated rings. The van der Waals surface area contributed by atoms with E-state index in [1.165, 1.54) is 23.0 Å². The first kappa shape index (κ1) is 7.57. The Morgan fingerprint density at radius 3 is 2.14 bits per heavy atom. The summed E-state index contributed by atoms with van der Waals surface area (Å²) in [5.41, 5.74) is 4.63. The van der Waals surface area contributed by atoms with Crippen LogP contribution in [0.15, 0.2) is 0 Å². The highest BCUT2D eigenvalue weighted by molar-refractivity contribution is 14.1. The van der Waals surface area contributed by atoms with Crippen molar-refractivity contribution in [1.82, 2.24) is 0 Å². The summed E-state index contributed by atoms with van der Waals surface area (Å²) in [6, 6.07) is 0. The van der Waals surface area contributed by atoms with Crippen LogP contribution in [0.5, 0.6) is 0 Å². The van der Waals surface area contributed by atoms with Crippen molar-refractivity contribution in [2.45, 2.75) is 5.91 Å². The molecular weight excluding hydrogens is 213 g/mol. The van der Waals surface area contributed by atoms with Crippen LogP contribution in [-0.2, 0) is 3.07 Å². The maximum absolute atomic E-state index is 8.22. The summed E-state index contributed by atoms with van der Waals surface area (Å²) in [6.45, 7) is -0.284. The van der Waals surface area contributed by atoms with Gasteiger partial charge >= 0.3 is 0 Å². The lowest BCUT2D eigenvalue weighted by molar-refractivity contribution is -0.170. The predicted molar refractivity (Wildman–Crippen MR) is 31.3 cm³/mol. The Morgan fingerprint density at radius 1 is 1.71 bits per heavy atom. The van der Waals surface area contributed by atoms with Gasteiger partial charge in [-0.2, -0.15) is 0 Å². The van der Waals surface area contributed by atoms with Gasteiger partial charge in [0.15, 0.2) is 0 Å². The number of nitrogens with two attached hydrogens (primary N) is 1. The zero-order chi connectivity index (χ0) is 5.91. The number of rotatable bonds is 2. The Labute approximate surface area is 55.0 Å². The summed E-state index contributed by atoms with van der Waals surface area (Å²) >= 11 is 1.51. The zero-order valence-electron chi connectivity index (χ0n) is 3.47. The van der Waals surface area contributed by atoms with Crippen molar-refractivity contribution in [3.8, 4) is 0 Å². The maximum atomic E-state index is 8.22. The monoisotopic (exact) mass is 219 g/mol. The average molecular weight is 219 g/mol. The molecule has 0 aromatic heterocycles. The molecule has 4 nitrogen and oxygen atoms in total. The van der Waals surface area contributed by atoms with E-state index in [9.17, 15) is 0 Å². The van der Waals surface area contributed by atoms with Gasteiger partial charge in [-0.15, -0.1) is 0 Å². The second-order valence-electron chi connectivity index (χ2n) is 1.13. The third-order valence-corrected chi connectivity index (χ3v) is 0.578. The third kappa shape index (κ3) is 6.57. The largest absolute Gasteiger partial charge is 0.352 e. The molecule has 0 aliphatic heterocycles. The van der Waals surface area contributed by atoms with Crippen LogP contribution in [0.3, 0.4) is 0 Å². The second-order valence-corrected chi connectivity index (χ2v) is 1.75. The summed E-state index contributed by atoms with van der Waals surface area (Å²) in [7, 11) is 0. The molecule has 0 unspecified atom stereocenters. The number of aliphatic hydroxyl groups is 2. The van der Waals surface area contributed by atoms with Crippen molar-refractivity contribution >= 4 is 23.0 Å². The molecule has 0 heterocycles. The van der Waals surface area contributed by atoms with E-state index >= 15 is 0 Å². The molecule has 0 saturated carbocycles. The first-order valence-corrected chi connectivity index (χ1v) is 2.41. The van der Waals surface area contributed by atoms with Crippen molar-refractivity contribution in [3.63, 3.8) is 0 Å². The normalized spacial score (nSPS) is 12.0. The highest BCUT2D eigenvalue weighted by Gasteiger charge is 2.14. The Kier molecular flexibility index (Phi) is 3.00. The van der Waals surface area contributed by atoms with Crippen molar-refractivity contribution in [2.75, 3.05) is 6.61 Å². The van der Waals surface area contributed by atoms with E-state index in [0.717, 1.165) is 0 Å². The molecule has 0 radical (unpaired) electrons. The molecular formula is C2H6INO3. The van der Waals surface area contributed by atoms with Crippen LogP contribution in [0.25, 0.3) is 0 Å². The van der Waals surface area contributed by atoms with Gasteiger partial charge in [-0.05, 0) is 0 Å². The first-order chi connectivity index (χ1) is 3.06. The molecule has 0 atom stereocenters. The zero-order valence-corrected chi connectivity index (χ0v) is 5.62. The Bertz CT molecular complexity index is 51.4. The van der Waals surface area contributed by atoms with Gasteiger partial charge in [0.2, 0.25) is 5.91 Å². The quantitative estimate of drug-likeness (QED) is 0.409. The minimum Gasteiger partial charge on any atom is -0.352 e. The molecule has 0 amide bonds. The second kappa shape index (κ2) is 2.78. The molecule has 4 N–H and O–H groups in total. The van der Waals surface area contributed by atoms with E-state index in [1.807, 2.05) is 0 Å². The maximum Gasteiger partial charge on any atom is 0.245 e. The number of hydrogen-bond acceptors (Lipinski definition) is 4. The number of hydrogen-bond donors (Lipinski definition) is 3. The number of halogens is 1. The summed E-state index contributed by atoms with van der Waals surface area (Å²) in [5, 5.41) is 16.4. The molecule has 0 aromatic carbocycles. The fraction of sp³-hybridized carbons (Fsp3) is 1.00. The molecule has 0 aliphatic rings. The summed E-state index contributed by atoms with van der Waals surface area (Å²) in [6.07, 6.45) is 0. The van der Waals surface area contributed by atoms with E-state index < -0.39 is 5.91 Å². The van der Waals surface area contributed by atoms with Gasteiger partial charge in [0.1, 0.15) is 29.6 Å². The van der Waals surface area contributed by atoms with Gasteiger partial charge in [0, 0.05) is 0 Å². The smallest absolute Gasteiger partial charge is 0.245 e. The minimum atomic E-state index is -2.18. The highest BCUT2D eigenvalue weighted by atomic mass is 127. The average Bonchev–Trinajstić information content (AvgIpc) is 1.30. The van der Waals surface area contributed by atoms with Gasteiger partial charge in [-0.1, -0.05) is 0 Å². The van der Waals surface area contributed by atoms with Crippen LogP contribution in [0, 0.1) is 0 Å². The van der Waals surface area contributed by atoms with E-state index in [0.29, 0.717) is 0 Å². The van der Waals surface area contributed by atoms with Crippen LogP contribution >= 0.6 is 23.0 Å². The molecule has 0 aromatic rings. The van der Waals surface area contributed by atoms with Crippen molar-refractivity contribution < 1.29 is 13.3 Å². The predicted octanol–water partition coefficient (Wildman–Crippen LogP) is -1.05.